The van der Waals surface area contributed by atoms with Gasteiger partial charge in [0.2, 0.25) is 0 Å². The van der Waals surface area contributed by atoms with Crippen LogP contribution >= 0.6 is 0 Å². The van der Waals surface area contributed by atoms with Crippen LogP contribution in [-0.2, 0) is 0 Å². The van der Waals surface area contributed by atoms with E-state index in [4.69, 9.17) is 0 Å². The molecule has 0 aromatic heterocycles. The summed E-state index contributed by atoms with van der Waals surface area (Å²) in [7, 11) is 0. The van der Waals surface area contributed by atoms with Gasteiger partial charge in [0, 0.05) is 0 Å². The molecule has 0 spiro atoms. The Bertz CT molecular complexity index is 105. The molecule has 0 amide bonds. The first-order valence-corrected chi connectivity index (χ1v) is 4.86. The first-order valence-electron chi connectivity index (χ1n) is 4.86. The lowest BCUT2D eigenvalue weighted by atomic mass is 10.0. The molecule has 1 aliphatic rings. The van der Waals surface area contributed by atoms with Crippen LogP contribution in [-0.4, -0.2) is 11.2 Å². The van der Waals surface area contributed by atoms with Crippen molar-refractivity contribution in [2.75, 3.05) is 0 Å². The second-order valence-electron chi connectivity index (χ2n) is 4.30. The van der Waals surface area contributed by atoms with Gasteiger partial charge in [0.25, 0.3) is 0 Å². The summed E-state index contributed by atoms with van der Waals surface area (Å²) in [5.41, 5.74) is 0. The van der Waals surface area contributed by atoms with Gasteiger partial charge >= 0.3 is 0 Å². The Morgan fingerprint density at radius 3 is 2.45 bits per heavy atom. The lowest BCUT2D eigenvalue weighted by Crippen LogP contribution is -2.09. The van der Waals surface area contributed by atoms with E-state index in [1.807, 2.05) is 0 Å². The molecular weight excluding hydrogens is 136 g/mol. The van der Waals surface area contributed by atoms with Gasteiger partial charge in [0.15, 0.2) is 0 Å². The summed E-state index contributed by atoms with van der Waals surface area (Å²) in [6.07, 6.45) is 6.06. The second kappa shape index (κ2) is 4.10. The molecule has 0 aromatic carbocycles. The number of aliphatic hydroxyl groups excluding tert-OH is 1. The van der Waals surface area contributed by atoms with Crippen LogP contribution in [0.3, 0.4) is 0 Å². The van der Waals surface area contributed by atoms with Crippen LogP contribution in [0.5, 0.6) is 0 Å². The maximum absolute atomic E-state index is 9.50. The predicted molar refractivity (Wildman–Crippen MR) is 47.4 cm³/mol. The van der Waals surface area contributed by atoms with Gasteiger partial charge in [-0.25, -0.2) is 0 Å². The minimum absolute atomic E-state index is 0.0319. The molecule has 1 saturated carbocycles. The molecule has 1 aliphatic carbocycles. The van der Waals surface area contributed by atoms with Crippen molar-refractivity contribution in [3.05, 3.63) is 0 Å². The number of rotatable bonds is 5. The molecule has 0 bridgehead atoms. The van der Waals surface area contributed by atoms with Crippen LogP contribution in [0.15, 0.2) is 0 Å². The summed E-state index contributed by atoms with van der Waals surface area (Å²) >= 11 is 0. The van der Waals surface area contributed by atoms with Gasteiger partial charge in [-0.2, -0.15) is 0 Å². The Labute approximate surface area is 69.8 Å². The third-order valence-corrected chi connectivity index (χ3v) is 2.35. The number of hydrogen-bond acceptors (Lipinski definition) is 1. The molecule has 0 aliphatic heterocycles. The molecule has 1 unspecified atom stereocenters. The molecule has 0 aromatic rings. The van der Waals surface area contributed by atoms with Crippen molar-refractivity contribution >= 4 is 0 Å². The topological polar surface area (TPSA) is 20.2 Å². The summed E-state index contributed by atoms with van der Waals surface area (Å²) in [5.74, 6) is 1.61. The number of aliphatic hydroxyl groups is 1. The Balaban J connectivity index is 1.95. The van der Waals surface area contributed by atoms with E-state index in [9.17, 15) is 5.11 Å². The van der Waals surface area contributed by atoms with Crippen molar-refractivity contribution in [2.45, 2.75) is 52.1 Å². The van der Waals surface area contributed by atoms with E-state index in [1.54, 1.807) is 0 Å². The molecule has 1 nitrogen and oxygen atoms in total. The second-order valence-corrected chi connectivity index (χ2v) is 4.30. The lowest BCUT2D eigenvalue weighted by molar-refractivity contribution is 0.135. The van der Waals surface area contributed by atoms with Crippen molar-refractivity contribution in [1.29, 1.82) is 0 Å². The van der Waals surface area contributed by atoms with Gasteiger partial charge in [0.1, 0.15) is 0 Å². The molecule has 0 heterocycles. The maximum Gasteiger partial charge on any atom is 0.0542 e. The van der Waals surface area contributed by atoms with Gasteiger partial charge < -0.3 is 5.11 Å². The predicted octanol–water partition coefficient (Wildman–Crippen LogP) is 2.58. The molecule has 11 heavy (non-hydrogen) atoms. The van der Waals surface area contributed by atoms with Crippen LogP contribution in [0.1, 0.15) is 46.0 Å². The molecule has 1 heteroatoms. The fourth-order valence-corrected chi connectivity index (χ4v) is 1.50. The SMILES string of the molecule is CC(C)CC(O)CCC1CC1. The highest BCUT2D eigenvalue weighted by Crippen LogP contribution is 2.34. The zero-order valence-electron chi connectivity index (χ0n) is 7.71. The highest BCUT2D eigenvalue weighted by atomic mass is 16.3. The van der Waals surface area contributed by atoms with Gasteiger partial charge in [-0.1, -0.05) is 26.7 Å². The zero-order chi connectivity index (χ0) is 8.27. The molecule has 1 N–H and O–H groups in total. The summed E-state index contributed by atoms with van der Waals surface area (Å²) in [5, 5.41) is 9.50. The highest BCUT2D eigenvalue weighted by molar-refractivity contribution is 4.74. The highest BCUT2D eigenvalue weighted by Gasteiger charge is 2.21. The van der Waals surface area contributed by atoms with Crippen LogP contribution in [0.25, 0.3) is 0 Å². The van der Waals surface area contributed by atoms with Gasteiger partial charge in [-0.15, -0.1) is 0 Å². The van der Waals surface area contributed by atoms with E-state index in [2.05, 4.69) is 13.8 Å². The minimum atomic E-state index is -0.0319. The molecule has 1 fully saturated rings. The maximum atomic E-state index is 9.50. The average Bonchev–Trinajstić information content (AvgIpc) is 2.63. The minimum Gasteiger partial charge on any atom is -0.393 e. The summed E-state index contributed by atoms with van der Waals surface area (Å²) in [4.78, 5) is 0. The molecule has 1 atom stereocenters. The standard InChI is InChI=1S/C10H20O/c1-8(2)7-10(11)6-5-9-3-4-9/h8-11H,3-7H2,1-2H3. The normalized spacial score (nSPS) is 20.7. The van der Waals surface area contributed by atoms with Crippen LogP contribution in [0, 0.1) is 11.8 Å². The molecule has 1 rings (SSSR count). The van der Waals surface area contributed by atoms with Crippen molar-refractivity contribution in [2.24, 2.45) is 11.8 Å². The Hall–Kier alpha value is -0.0400. The first kappa shape index (κ1) is 9.05. The lowest BCUT2D eigenvalue weighted by Gasteiger charge is -2.11. The average molecular weight is 156 g/mol. The van der Waals surface area contributed by atoms with E-state index in [0.717, 1.165) is 18.8 Å². The van der Waals surface area contributed by atoms with Crippen molar-refractivity contribution in [1.82, 2.24) is 0 Å². The molecule has 0 saturated heterocycles. The Morgan fingerprint density at radius 1 is 1.36 bits per heavy atom. The van der Waals surface area contributed by atoms with Crippen molar-refractivity contribution in [3.63, 3.8) is 0 Å². The van der Waals surface area contributed by atoms with E-state index in [1.165, 1.54) is 19.3 Å². The van der Waals surface area contributed by atoms with Crippen LogP contribution in [0.2, 0.25) is 0 Å². The molecule has 0 radical (unpaired) electrons. The largest absolute Gasteiger partial charge is 0.393 e. The first-order chi connectivity index (χ1) is 5.18. The quantitative estimate of drug-likeness (QED) is 0.648. The van der Waals surface area contributed by atoms with Crippen LogP contribution in [0.4, 0.5) is 0 Å². The fraction of sp³-hybridized carbons (Fsp3) is 1.00. The smallest absolute Gasteiger partial charge is 0.0542 e. The molecular formula is C10H20O. The van der Waals surface area contributed by atoms with E-state index in [0.29, 0.717) is 5.92 Å². The third-order valence-electron chi connectivity index (χ3n) is 2.35. The fourth-order valence-electron chi connectivity index (χ4n) is 1.50. The zero-order valence-corrected chi connectivity index (χ0v) is 7.71. The summed E-state index contributed by atoms with van der Waals surface area (Å²) in [6, 6.07) is 0. The Morgan fingerprint density at radius 2 is 2.00 bits per heavy atom. The van der Waals surface area contributed by atoms with E-state index in [-0.39, 0.29) is 6.10 Å². The van der Waals surface area contributed by atoms with Gasteiger partial charge in [-0.3, -0.25) is 0 Å². The van der Waals surface area contributed by atoms with Crippen molar-refractivity contribution < 1.29 is 5.11 Å². The Kier molecular flexibility index (Phi) is 3.38. The third kappa shape index (κ3) is 4.41. The summed E-state index contributed by atoms with van der Waals surface area (Å²) in [6.45, 7) is 4.33. The number of hydrogen-bond donors (Lipinski definition) is 1. The van der Waals surface area contributed by atoms with Crippen molar-refractivity contribution in [3.8, 4) is 0 Å². The summed E-state index contributed by atoms with van der Waals surface area (Å²) < 4.78 is 0. The van der Waals surface area contributed by atoms with Gasteiger partial charge in [-0.05, 0) is 31.1 Å². The van der Waals surface area contributed by atoms with Gasteiger partial charge in [0.05, 0.1) is 6.10 Å². The van der Waals surface area contributed by atoms with Crippen LogP contribution < -0.4 is 0 Å². The monoisotopic (exact) mass is 156 g/mol. The van der Waals surface area contributed by atoms with E-state index < -0.39 is 0 Å². The van der Waals surface area contributed by atoms with E-state index >= 15 is 0 Å². The molecule has 66 valence electrons.